The van der Waals surface area contributed by atoms with E-state index in [0.29, 0.717) is 16.5 Å². The van der Waals surface area contributed by atoms with E-state index in [-0.39, 0.29) is 17.9 Å². The van der Waals surface area contributed by atoms with Crippen molar-refractivity contribution in [1.82, 2.24) is 4.72 Å². The van der Waals surface area contributed by atoms with E-state index in [1.54, 1.807) is 12.1 Å². The molecule has 1 aliphatic carbocycles. The summed E-state index contributed by atoms with van der Waals surface area (Å²) in [6.07, 6.45) is 4.09. The van der Waals surface area contributed by atoms with Gasteiger partial charge in [0.15, 0.2) is 0 Å². The van der Waals surface area contributed by atoms with Crippen molar-refractivity contribution >= 4 is 43.1 Å². The fraction of sp³-hybridized carbons (Fsp3) is 0.600. The lowest BCUT2D eigenvalue weighted by Gasteiger charge is -2.42. The molecule has 9 heteroatoms. The van der Waals surface area contributed by atoms with Gasteiger partial charge in [0.05, 0.1) is 11.5 Å². The minimum Gasteiger partial charge on any atom is -0.229 e. The molecule has 5 nitrogen and oxygen atoms in total. The third kappa shape index (κ3) is 5.88. The number of halogens is 2. The normalized spacial score (nSPS) is 17.5. The number of rotatable bonds is 8. The van der Waals surface area contributed by atoms with Gasteiger partial charge in [0.1, 0.15) is 9.84 Å². The summed E-state index contributed by atoms with van der Waals surface area (Å²) in [5, 5.41) is 1.05. The molecule has 0 atom stereocenters. The third-order valence-corrected chi connectivity index (χ3v) is 7.34. The molecule has 1 fully saturated rings. The summed E-state index contributed by atoms with van der Waals surface area (Å²) >= 11 is 12.1. The maximum atomic E-state index is 12.3. The molecule has 1 aromatic carbocycles. The Labute approximate surface area is 153 Å². The third-order valence-electron chi connectivity index (χ3n) is 4.15. The van der Waals surface area contributed by atoms with Crippen molar-refractivity contribution in [2.24, 2.45) is 0 Å². The smallest absolute Gasteiger partial charge is 0.212 e. The first-order valence-electron chi connectivity index (χ1n) is 7.64. The molecule has 1 aliphatic rings. The summed E-state index contributed by atoms with van der Waals surface area (Å²) in [4.78, 5) is 0. The zero-order valence-corrected chi connectivity index (χ0v) is 16.5. The molecular weight excluding hydrogens is 393 g/mol. The highest BCUT2D eigenvalue weighted by atomic mass is 35.5. The number of hydrogen-bond donors (Lipinski definition) is 1. The van der Waals surface area contributed by atoms with Gasteiger partial charge in [-0.1, -0.05) is 29.3 Å². The van der Waals surface area contributed by atoms with Crippen LogP contribution in [0.1, 0.15) is 31.2 Å². The number of sulfonamides is 1. The van der Waals surface area contributed by atoms with Gasteiger partial charge in [-0.15, -0.1) is 0 Å². The summed E-state index contributed by atoms with van der Waals surface area (Å²) in [6, 6.07) is 5.18. The summed E-state index contributed by atoms with van der Waals surface area (Å²) in [5.74, 6) is -0.333. The fourth-order valence-electron chi connectivity index (χ4n) is 2.84. The van der Waals surface area contributed by atoms with Gasteiger partial charge in [-0.2, -0.15) is 0 Å². The van der Waals surface area contributed by atoms with Gasteiger partial charge in [0.25, 0.3) is 0 Å². The lowest BCUT2D eigenvalue weighted by atomic mass is 9.74. The van der Waals surface area contributed by atoms with Crippen molar-refractivity contribution in [3.05, 3.63) is 33.8 Å². The molecule has 0 aromatic heterocycles. The molecule has 0 spiro atoms. The predicted molar refractivity (Wildman–Crippen MR) is 98.0 cm³/mol. The van der Waals surface area contributed by atoms with Gasteiger partial charge in [-0.3, -0.25) is 0 Å². The van der Waals surface area contributed by atoms with Gasteiger partial charge in [-0.25, -0.2) is 21.6 Å². The Morgan fingerprint density at radius 3 is 2.29 bits per heavy atom. The molecular formula is C15H21Cl2NO4S2. The topological polar surface area (TPSA) is 80.3 Å². The van der Waals surface area contributed by atoms with E-state index in [1.807, 2.05) is 6.07 Å². The molecule has 0 aliphatic heterocycles. The number of sulfone groups is 1. The molecule has 24 heavy (non-hydrogen) atoms. The molecule has 136 valence electrons. The Kier molecular flexibility index (Phi) is 6.24. The van der Waals surface area contributed by atoms with Crippen LogP contribution in [0.25, 0.3) is 0 Å². The van der Waals surface area contributed by atoms with E-state index in [4.69, 9.17) is 23.2 Å². The molecule has 1 N–H and O–H groups in total. The van der Waals surface area contributed by atoms with Gasteiger partial charge >= 0.3 is 0 Å². The van der Waals surface area contributed by atoms with E-state index >= 15 is 0 Å². The second-order valence-electron chi connectivity index (χ2n) is 6.45. The van der Waals surface area contributed by atoms with Crippen molar-refractivity contribution in [2.45, 2.75) is 37.6 Å². The molecule has 0 radical (unpaired) electrons. The molecule has 1 saturated carbocycles. The zero-order chi connectivity index (χ0) is 18.0. The first kappa shape index (κ1) is 20.0. The molecule has 1 aromatic rings. The van der Waals surface area contributed by atoms with Crippen LogP contribution < -0.4 is 4.72 Å². The Hall–Kier alpha value is -0.340. The number of benzene rings is 1. The molecule has 0 unspecified atom stereocenters. The molecule has 0 bridgehead atoms. The van der Waals surface area contributed by atoms with Crippen molar-refractivity contribution in [3.8, 4) is 0 Å². The summed E-state index contributed by atoms with van der Waals surface area (Å²) in [5.41, 5.74) is 0.307. The average Bonchev–Trinajstić information content (AvgIpc) is 2.37. The predicted octanol–water partition coefficient (Wildman–Crippen LogP) is 2.81. The monoisotopic (exact) mass is 413 g/mol. The van der Waals surface area contributed by atoms with Crippen LogP contribution in [0, 0.1) is 0 Å². The molecule has 2 rings (SSSR count). The van der Waals surface area contributed by atoms with Crippen LogP contribution in [-0.4, -0.2) is 40.1 Å². The van der Waals surface area contributed by atoms with Crippen LogP contribution in [0.2, 0.25) is 10.0 Å². The Morgan fingerprint density at radius 2 is 1.79 bits per heavy atom. The van der Waals surface area contributed by atoms with E-state index in [2.05, 4.69) is 4.72 Å². The van der Waals surface area contributed by atoms with Crippen molar-refractivity contribution in [3.63, 3.8) is 0 Å². The van der Waals surface area contributed by atoms with Crippen LogP contribution in [0.4, 0.5) is 0 Å². The summed E-state index contributed by atoms with van der Waals surface area (Å²) < 4.78 is 49.6. The van der Waals surface area contributed by atoms with E-state index in [0.717, 1.165) is 31.1 Å². The highest BCUT2D eigenvalue weighted by Crippen LogP contribution is 2.37. The zero-order valence-electron chi connectivity index (χ0n) is 13.4. The maximum absolute atomic E-state index is 12.3. The Morgan fingerprint density at radius 1 is 1.12 bits per heavy atom. The maximum Gasteiger partial charge on any atom is 0.212 e. The first-order chi connectivity index (χ1) is 11.0. The van der Waals surface area contributed by atoms with Gasteiger partial charge in [0.2, 0.25) is 10.0 Å². The van der Waals surface area contributed by atoms with Crippen molar-refractivity contribution in [2.75, 3.05) is 17.8 Å². The minimum absolute atomic E-state index is 0.0892. The van der Waals surface area contributed by atoms with Gasteiger partial charge in [0, 0.05) is 21.8 Å². The van der Waals surface area contributed by atoms with Crippen LogP contribution in [0.5, 0.6) is 0 Å². The Balaban J connectivity index is 2.04. The lowest BCUT2D eigenvalue weighted by Crippen LogP contribution is -2.55. The van der Waals surface area contributed by atoms with E-state index in [1.165, 1.54) is 0 Å². The minimum atomic E-state index is -3.55. The van der Waals surface area contributed by atoms with Gasteiger partial charge < -0.3 is 0 Å². The standard InChI is InChI=1S/C15H21Cl2NO4S2/c1-23(19,20)8-3-9-24(21,22)18-15(6-2-7-15)11-12-4-5-13(16)10-14(12)17/h4-5,10,18H,2-3,6-9,11H2,1H3. The lowest BCUT2D eigenvalue weighted by molar-refractivity contribution is 0.220. The number of nitrogens with one attached hydrogen (secondary N) is 1. The van der Waals surface area contributed by atoms with Crippen molar-refractivity contribution in [1.29, 1.82) is 0 Å². The molecule has 0 heterocycles. The molecule has 0 saturated heterocycles. The second-order valence-corrected chi connectivity index (χ2v) is 11.4. The summed E-state index contributed by atoms with van der Waals surface area (Å²) in [7, 11) is -6.71. The first-order valence-corrected chi connectivity index (χ1v) is 12.1. The highest BCUT2D eigenvalue weighted by molar-refractivity contribution is 7.91. The van der Waals surface area contributed by atoms with Crippen LogP contribution in [-0.2, 0) is 26.3 Å². The van der Waals surface area contributed by atoms with E-state index < -0.39 is 25.4 Å². The van der Waals surface area contributed by atoms with E-state index in [9.17, 15) is 16.8 Å². The SMILES string of the molecule is CS(=O)(=O)CCCS(=O)(=O)NC1(Cc2ccc(Cl)cc2Cl)CCC1. The Bertz CT molecular complexity index is 803. The van der Waals surface area contributed by atoms with Crippen molar-refractivity contribution < 1.29 is 16.8 Å². The van der Waals surface area contributed by atoms with Crippen LogP contribution in [0.3, 0.4) is 0 Å². The summed E-state index contributed by atoms with van der Waals surface area (Å²) in [6.45, 7) is 0. The molecule has 0 amide bonds. The van der Waals surface area contributed by atoms with Gasteiger partial charge in [-0.05, 0) is 49.8 Å². The number of hydrogen-bond acceptors (Lipinski definition) is 4. The average molecular weight is 414 g/mol. The van der Waals surface area contributed by atoms with Crippen LogP contribution in [0.15, 0.2) is 18.2 Å². The largest absolute Gasteiger partial charge is 0.229 e. The highest BCUT2D eigenvalue weighted by Gasteiger charge is 2.40. The fourth-order valence-corrected chi connectivity index (χ4v) is 5.73. The second kappa shape index (κ2) is 7.50. The quantitative estimate of drug-likeness (QED) is 0.710. The van der Waals surface area contributed by atoms with Crippen LogP contribution >= 0.6 is 23.2 Å².